The fourth-order valence-corrected chi connectivity index (χ4v) is 4.35. The Morgan fingerprint density at radius 3 is 2.35 bits per heavy atom. The van der Waals surface area contributed by atoms with Crippen molar-refractivity contribution < 1.29 is 19.1 Å². The van der Waals surface area contributed by atoms with Gasteiger partial charge >= 0.3 is 17.8 Å². The lowest BCUT2D eigenvalue weighted by Crippen LogP contribution is -2.32. The highest BCUT2D eigenvalue weighted by molar-refractivity contribution is 7.21. The molecule has 34 heavy (non-hydrogen) atoms. The van der Waals surface area contributed by atoms with Crippen LogP contribution in [0.15, 0.2) is 77.9 Å². The molecule has 0 saturated heterocycles. The van der Waals surface area contributed by atoms with Gasteiger partial charge in [0.15, 0.2) is 0 Å². The quantitative estimate of drug-likeness (QED) is 0.132. The number of nitrogens with one attached hydrogen (secondary N) is 2. The zero-order valence-electron chi connectivity index (χ0n) is 17.9. The van der Waals surface area contributed by atoms with Gasteiger partial charge in [-0.05, 0) is 55.0 Å². The Bertz CT molecular complexity index is 1400. The molecule has 0 atom stereocenters. The topological polar surface area (TPSA) is 96.9 Å². The van der Waals surface area contributed by atoms with E-state index in [1.165, 1.54) is 17.6 Å². The molecule has 0 saturated carbocycles. The number of halogens is 1. The minimum absolute atomic E-state index is 0.331. The van der Waals surface area contributed by atoms with Crippen LogP contribution in [0.25, 0.3) is 10.1 Å². The lowest BCUT2D eigenvalue weighted by Gasteiger charge is -2.04. The predicted octanol–water partition coefficient (Wildman–Crippen LogP) is 5.17. The van der Waals surface area contributed by atoms with Crippen LogP contribution in [0.5, 0.6) is 5.75 Å². The van der Waals surface area contributed by atoms with E-state index in [-0.39, 0.29) is 0 Å². The third-order valence-electron chi connectivity index (χ3n) is 4.71. The van der Waals surface area contributed by atoms with E-state index in [0.717, 1.165) is 15.6 Å². The van der Waals surface area contributed by atoms with Crippen molar-refractivity contribution in [2.45, 2.75) is 6.92 Å². The molecule has 9 heteroatoms. The Labute approximate surface area is 204 Å². The molecule has 4 rings (SSSR count). The number of anilines is 1. The van der Waals surface area contributed by atoms with Crippen LogP contribution < -0.4 is 15.5 Å². The minimum Gasteiger partial charge on any atom is -0.422 e. The maximum Gasteiger partial charge on any atom is 0.355 e. The number of benzene rings is 3. The number of aryl methyl sites for hydroxylation is 1. The van der Waals surface area contributed by atoms with E-state index in [2.05, 4.69) is 15.8 Å². The van der Waals surface area contributed by atoms with E-state index in [0.29, 0.717) is 26.9 Å². The zero-order chi connectivity index (χ0) is 24.1. The van der Waals surface area contributed by atoms with E-state index in [9.17, 15) is 14.4 Å². The summed E-state index contributed by atoms with van der Waals surface area (Å²) in [5.74, 6) is -1.94. The molecule has 1 aromatic heterocycles. The first-order valence-electron chi connectivity index (χ1n) is 10.1. The molecule has 1 heterocycles. The number of rotatable bonds is 5. The lowest BCUT2D eigenvalue weighted by molar-refractivity contribution is -0.136. The van der Waals surface area contributed by atoms with Gasteiger partial charge in [-0.1, -0.05) is 47.5 Å². The number of esters is 1. The highest BCUT2D eigenvalue weighted by atomic mass is 35.5. The lowest BCUT2D eigenvalue weighted by atomic mass is 10.2. The van der Waals surface area contributed by atoms with Crippen molar-refractivity contribution in [2.75, 3.05) is 5.32 Å². The van der Waals surface area contributed by atoms with Crippen LogP contribution in [-0.4, -0.2) is 24.0 Å². The van der Waals surface area contributed by atoms with Gasteiger partial charge in [0, 0.05) is 15.8 Å². The number of amides is 2. The maximum absolute atomic E-state index is 12.5. The van der Waals surface area contributed by atoms with Crippen molar-refractivity contribution in [3.8, 4) is 5.75 Å². The number of thiophene rings is 1. The number of hydrogen-bond donors (Lipinski definition) is 2. The predicted molar refractivity (Wildman–Crippen MR) is 134 cm³/mol. The van der Waals surface area contributed by atoms with Crippen molar-refractivity contribution in [3.63, 3.8) is 0 Å². The summed E-state index contributed by atoms with van der Waals surface area (Å²) in [5.41, 5.74) is 4.34. The molecule has 4 aromatic rings. The highest BCUT2D eigenvalue weighted by Gasteiger charge is 2.19. The highest BCUT2D eigenvalue weighted by Crippen LogP contribution is 2.35. The van der Waals surface area contributed by atoms with Crippen LogP contribution in [0, 0.1) is 6.92 Å². The van der Waals surface area contributed by atoms with E-state index in [1.807, 2.05) is 43.3 Å². The minimum atomic E-state index is -0.900. The first kappa shape index (κ1) is 23.2. The van der Waals surface area contributed by atoms with E-state index >= 15 is 0 Å². The molecule has 7 nitrogen and oxygen atoms in total. The third-order valence-corrected chi connectivity index (χ3v) is 6.36. The molecule has 2 N–H and O–H groups in total. The Morgan fingerprint density at radius 1 is 0.941 bits per heavy atom. The second-order valence-corrected chi connectivity index (χ2v) is 8.65. The van der Waals surface area contributed by atoms with Gasteiger partial charge in [0.1, 0.15) is 10.6 Å². The van der Waals surface area contributed by atoms with Crippen LogP contribution in [-0.2, 0) is 9.59 Å². The number of fused-ring (bicyclic) bond motifs is 1. The Kier molecular flexibility index (Phi) is 7.01. The molecule has 0 aliphatic heterocycles. The molecular weight excluding hydrogens is 474 g/mol. The average Bonchev–Trinajstić information content (AvgIpc) is 3.18. The van der Waals surface area contributed by atoms with Crippen molar-refractivity contribution in [2.24, 2.45) is 5.10 Å². The summed E-state index contributed by atoms with van der Waals surface area (Å²) >= 11 is 7.60. The largest absolute Gasteiger partial charge is 0.422 e. The number of carbonyl (C=O) groups excluding carboxylic acids is 3. The summed E-state index contributed by atoms with van der Waals surface area (Å²) < 4.78 is 6.33. The van der Waals surface area contributed by atoms with Gasteiger partial charge in [0.2, 0.25) is 0 Å². The van der Waals surface area contributed by atoms with Crippen LogP contribution in [0.4, 0.5) is 5.69 Å². The van der Waals surface area contributed by atoms with Gasteiger partial charge in [-0.2, -0.15) is 5.10 Å². The van der Waals surface area contributed by atoms with Crippen molar-refractivity contribution in [3.05, 3.63) is 93.8 Å². The zero-order valence-corrected chi connectivity index (χ0v) is 19.4. The van der Waals surface area contributed by atoms with E-state index in [4.69, 9.17) is 16.3 Å². The van der Waals surface area contributed by atoms with Crippen LogP contribution in [0.3, 0.4) is 0 Å². The van der Waals surface area contributed by atoms with Crippen molar-refractivity contribution >= 4 is 62.7 Å². The van der Waals surface area contributed by atoms with Gasteiger partial charge in [-0.3, -0.25) is 9.59 Å². The van der Waals surface area contributed by atoms with Crippen molar-refractivity contribution in [1.82, 2.24) is 5.43 Å². The maximum atomic E-state index is 12.5. The summed E-state index contributed by atoms with van der Waals surface area (Å²) in [4.78, 5) is 36.7. The first-order valence-corrected chi connectivity index (χ1v) is 11.3. The molecule has 0 aliphatic rings. The molecular formula is C25H18ClN3O4S. The molecule has 0 aliphatic carbocycles. The Balaban J connectivity index is 1.31. The third kappa shape index (κ3) is 5.48. The van der Waals surface area contributed by atoms with E-state index < -0.39 is 17.8 Å². The SMILES string of the molecule is Cc1ccc(NC(=O)C(=O)N/N=C\c2ccc(OC(=O)c3sc4ccccc4c3Cl)cc2)cc1. The van der Waals surface area contributed by atoms with Gasteiger partial charge in [-0.15, -0.1) is 11.3 Å². The first-order chi connectivity index (χ1) is 16.4. The number of nitrogens with zero attached hydrogens (tertiary/aromatic N) is 1. The van der Waals surface area contributed by atoms with Gasteiger partial charge in [0.05, 0.1) is 11.2 Å². The van der Waals surface area contributed by atoms with Gasteiger partial charge < -0.3 is 10.1 Å². The molecule has 0 radical (unpaired) electrons. The molecule has 3 aromatic carbocycles. The summed E-state index contributed by atoms with van der Waals surface area (Å²) in [6.07, 6.45) is 1.37. The van der Waals surface area contributed by atoms with Crippen molar-refractivity contribution in [1.29, 1.82) is 0 Å². The van der Waals surface area contributed by atoms with Crippen LogP contribution >= 0.6 is 22.9 Å². The summed E-state index contributed by atoms with van der Waals surface area (Å²) in [6.45, 7) is 1.92. The Morgan fingerprint density at radius 2 is 1.65 bits per heavy atom. The summed E-state index contributed by atoms with van der Waals surface area (Å²) in [6, 6.07) is 21.0. The van der Waals surface area contributed by atoms with E-state index in [1.54, 1.807) is 36.4 Å². The van der Waals surface area contributed by atoms with Gasteiger partial charge in [0.25, 0.3) is 0 Å². The monoisotopic (exact) mass is 491 g/mol. The summed E-state index contributed by atoms with van der Waals surface area (Å²) in [5, 5.41) is 7.45. The molecule has 0 bridgehead atoms. The molecule has 0 spiro atoms. The second kappa shape index (κ2) is 10.3. The fourth-order valence-electron chi connectivity index (χ4n) is 2.96. The second-order valence-electron chi connectivity index (χ2n) is 7.22. The van der Waals surface area contributed by atoms with Crippen LogP contribution in [0.1, 0.15) is 20.8 Å². The number of hydrazone groups is 1. The molecule has 0 unspecified atom stereocenters. The standard InChI is InChI=1S/C25H18ClN3O4S/c1-15-6-10-17(11-7-15)28-23(30)24(31)29-27-14-16-8-12-18(13-9-16)33-25(32)22-21(26)19-4-2-3-5-20(19)34-22/h2-14H,1H3,(H,28,30)(H,29,31)/b27-14-. The average molecular weight is 492 g/mol. The smallest absolute Gasteiger partial charge is 0.355 e. The molecule has 170 valence electrons. The number of hydrogen-bond acceptors (Lipinski definition) is 6. The summed E-state index contributed by atoms with van der Waals surface area (Å²) in [7, 11) is 0. The van der Waals surface area contributed by atoms with Crippen LogP contribution in [0.2, 0.25) is 5.02 Å². The normalized spacial score (nSPS) is 10.9. The number of carbonyl (C=O) groups is 3. The Hall–Kier alpha value is -4.01. The fraction of sp³-hybridized carbons (Fsp3) is 0.0400. The molecule has 0 fully saturated rings. The number of ether oxygens (including phenoxy) is 1. The molecule has 2 amide bonds. The van der Waals surface area contributed by atoms with Gasteiger partial charge in [-0.25, -0.2) is 10.2 Å².